The van der Waals surface area contributed by atoms with Crippen LogP contribution in [0.25, 0.3) is 5.00 Å². The van der Waals surface area contributed by atoms with Crippen LogP contribution in [0.2, 0.25) is 5.02 Å². The van der Waals surface area contributed by atoms with Gasteiger partial charge in [0, 0.05) is 40.8 Å². The van der Waals surface area contributed by atoms with Gasteiger partial charge in [0.2, 0.25) is 0 Å². The van der Waals surface area contributed by atoms with Crippen LogP contribution in [0, 0.1) is 11.6 Å². The quantitative estimate of drug-likeness (QED) is 0.321. The summed E-state index contributed by atoms with van der Waals surface area (Å²) in [6.07, 6.45) is 2.93. The van der Waals surface area contributed by atoms with Gasteiger partial charge in [0.05, 0.1) is 24.0 Å². The third-order valence-electron chi connectivity index (χ3n) is 6.85. The van der Waals surface area contributed by atoms with E-state index in [2.05, 4.69) is 21.8 Å². The van der Waals surface area contributed by atoms with Crippen molar-refractivity contribution in [2.45, 2.75) is 25.6 Å². The Bertz CT molecular complexity index is 1480. The van der Waals surface area contributed by atoms with Gasteiger partial charge in [0.15, 0.2) is 0 Å². The number of benzene rings is 2. The topological polar surface area (TPSA) is 40.5 Å². The number of nitrogens with one attached hydrogen (secondary N) is 1. The number of nitrogens with zero attached hydrogens (tertiary/aromatic N) is 3. The van der Waals surface area contributed by atoms with Gasteiger partial charge in [-0.2, -0.15) is 0 Å². The van der Waals surface area contributed by atoms with Gasteiger partial charge in [-0.1, -0.05) is 23.7 Å². The molecule has 1 N–H and O–H groups in total. The lowest BCUT2D eigenvalue weighted by atomic mass is 10.0. The monoisotopic (exact) mass is 524 g/mol. The summed E-state index contributed by atoms with van der Waals surface area (Å²) < 4.78 is 30.1. The van der Waals surface area contributed by atoms with Gasteiger partial charge < -0.3 is 19.7 Å². The number of rotatable bonds is 2. The van der Waals surface area contributed by atoms with Gasteiger partial charge in [-0.3, -0.25) is 0 Å². The van der Waals surface area contributed by atoms with E-state index in [0.717, 1.165) is 53.5 Å². The number of fused-ring (bicyclic) bond motifs is 5. The molecule has 2 aromatic carbocycles. The minimum absolute atomic E-state index is 0.0694. The fraction of sp³-hybridized carbons (Fsp3) is 0.222. The normalized spacial score (nSPS) is 17.2. The molecule has 184 valence electrons. The van der Waals surface area contributed by atoms with E-state index in [1.54, 1.807) is 22.3 Å². The maximum atomic E-state index is 14.5. The molecule has 0 aliphatic carbocycles. The molecule has 0 radical (unpaired) electrons. The lowest BCUT2D eigenvalue weighted by Gasteiger charge is -2.32. The first-order valence-electron chi connectivity index (χ1n) is 11.7. The van der Waals surface area contributed by atoms with E-state index in [9.17, 15) is 13.6 Å². The predicted octanol–water partition coefficient (Wildman–Crippen LogP) is 6.60. The lowest BCUT2D eigenvalue weighted by Crippen LogP contribution is -2.38. The molecule has 0 spiro atoms. The number of likely N-dealkylation sites (N-methyl/N-ethyl adjacent to an activating group) is 1. The SMILES string of the molecule is CN1CCc2c(sc3c2CN(C(=O)Nc2ccc(F)cc2F)[C@H](c2cccc(Cl)c2)c2cccn2-3)C1. The molecule has 4 aromatic rings. The maximum Gasteiger partial charge on any atom is 0.323 e. The van der Waals surface area contributed by atoms with Gasteiger partial charge >= 0.3 is 6.03 Å². The number of hydrogen-bond acceptors (Lipinski definition) is 3. The van der Waals surface area contributed by atoms with Crippen molar-refractivity contribution in [2.75, 3.05) is 18.9 Å². The van der Waals surface area contributed by atoms with Crippen LogP contribution in [-0.4, -0.2) is 34.0 Å². The summed E-state index contributed by atoms with van der Waals surface area (Å²) in [6, 6.07) is 13.6. The van der Waals surface area contributed by atoms with E-state index in [1.807, 2.05) is 36.5 Å². The van der Waals surface area contributed by atoms with E-state index < -0.39 is 23.7 Å². The van der Waals surface area contributed by atoms with Gasteiger partial charge in [-0.15, -0.1) is 11.3 Å². The molecule has 2 aliphatic rings. The summed E-state index contributed by atoms with van der Waals surface area (Å²) in [4.78, 5) is 19.1. The Balaban J connectivity index is 1.50. The number of anilines is 1. The van der Waals surface area contributed by atoms with Crippen LogP contribution in [0.15, 0.2) is 60.8 Å². The van der Waals surface area contributed by atoms with Crippen molar-refractivity contribution in [1.82, 2.24) is 14.4 Å². The van der Waals surface area contributed by atoms with Crippen molar-refractivity contribution in [3.8, 4) is 5.00 Å². The number of thiophene rings is 1. The zero-order valence-electron chi connectivity index (χ0n) is 19.5. The fourth-order valence-electron chi connectivity index (χ4n) is 5.16. The zero-order valence-corrected chi connectivity index (χ0v) is 21.0. The standard InChI is InChI=1S/C27H23ClF2N4OS/c1-32-11-9-19-20-14-34(27(35)31-22-8-7-18(29)13-21(22)30)25(16-4-2-5-17(28)12-16)23-6-3-10-33(23)26(20)36-24(19)15-32/h2-8,10,12-13,25H,9,11,14-15H2,1H3,(H,31,35)/t25-/m1/s1. The summed E-state index contributed by atoms with van der Waals surface area (Å²) in [7, 11) is 2.11. The highest BCUT2D eigenvalue weighted by molar-refractivity contribution is 7.15. The van der Waals surface area contributed by atoms with Gasteiger partial charge in [-0.25, -0.2) is 13.6 Å². The molecule has 0 saturated carbocycles. The van der Waals surface area contributed by atoms with Crippen LogP contribution >= 0.6 is 22.9 Å². The number of hydrogen-bond donors (Lipinski definition) is 1. The average molecular weight is 525 g/mol. The maximum absolute atomic E-state index is 14.5. The lowest BCUT2D eigenvalue weighted by molar-refractivity contribution is 0.194. The van der Waals surface area contributed by atoms with Crippen molar-refractivity contribution in [3.05, 3.63) is 105 Å². The Morgan fingerprint density at radius 3 is 2.75 bits per heavy atom. The molecule has 0 fully saturated rings. The number of aromatic nitrogens is 1. The van der Waals surface area contributed by atoms with Crippen molar-refractivity contribution in [2.24, 2.45) is 0 Å². The van der Waals surface area contributed by atoms with E-state index in [-0.39, 0.29) is 5.69 Å². The van der Waals surface area contributed by atoms with E-state index in [1.165, 1.54) is 16.5 Å². The second kappa shape index (κ2) is 9.03. The van der Waals surface area contributed by atoms with Gasteiger partial charge in [-0.05, 0) is 61.0 Å². The van der Waals surface area contributed by atoms with Gasteiger partial charge in [0.1, 0.15) is 16.6 Å². The second-order valence-corrected chi connectivity index (χ2v) is 10.7. The third kappa shape index (κ3) is 3.99. The number of amides is 2. The summed E-state index contributed by atoms with van der Waals surface area (Å²) in [5.41, 5.74) is 4.09. The molecule has 9 heteroatoms. The predicted molar refractivity (Wildman–Crippen MR) is 138 cm³/mol. The van der Waals surface area contributed by atoms with E-state index in [0.29, 0.717) is 11.6 Å². The number of halogens is 3. The van der Waals surface area contributed by atoms with Crippen molar-refractivity contribution in [1.29, 1.82) is 0 Å². The van der Waals surface area contributed by atoms with Crippen LogP contribution < -0.4 is 5.32 Å². The molecule has 36 heavy (non-hydrogen) atoms. The molecule has 0 bridgehead atoms. The van der Waals surface area contributed by atoms with E-state index in [4.69, 9.17) is 11.6 Å². The number of urea groups is 1. The molecule has 2 aliphatic heterocycles. The van der Waals surface area contributed by atoms with Crippen LogP contribution in [0.3, 0.4) is 0 Å². The summed E-state index contributed by atoms with van der Waals surface area (Å²) >= 11 is 8.12. The minimum atomic E-state index is -0.822. The van der Waals surface area contributed by atoms with Crippen molar-refractivity contribution < 1.29 is 13.6 Å². The minimum Gasteiger partial charge on any atom is -0.310 e. The Morgan fingerprint density at radius 2 is 1.94 bits per heavy atom. The summed E-state index contributed by atoms with van der Waals surface area (Å²) in [5.74, 6) is -1.52. The molecule has 2 aromatic heterocycles. The first-order valence-corrected chi connectivity index (χ1v) is 12.9. The van der Waals surface area contributed by atoms with Crippen molar-refractivity contribution >= 4 is 34.7 Å². The zero-order chi connectivity index (χ0) is 25.0. The third-order valence-corrected chi connectivity index (χ3v) is 8.35. The fourth-order valence-corrected chi connectivity index (χ4v) is 6.80. The molecule has 4 heterocycles. The Morgan fingerprint density at radius 1 is 1.08 bits per heavy atom. The highest BCUT2D eigenvalue weighted by Gasteiger charge is 2.36. The smallest absolute Gasteiger partial charge is 0.310 e. The molecule has 5 nitrogen and oxygen atoms in total. The highest BCUT2D eigenvalue weighted by Crippen LogP contribution is 2.43. The Kier molecular flexibility index (Phi) is 5.82. The van der Waals surface area contributed by atoms with Crippen LogP contribution in [0.1, 0.15) is 33.3 Å². The molecule has 6 rings (SSSR count). The average Bonchev–Trinajstić information content (AvgIpc) is 3.42. The Labute approximate surface area is 216 Å². The highest BCUT2D eigenvalue weighted by atomic mass is 35.5. The van der Waals surface area contributed by atoms with Crippen LogP contribution in [0.4, 0.5) is 19.3 Å². The van der Waals surface area contributed by atoms with E-state index >= 15 is 0 Å². The van der Waals surface area contributed by atoms with Gasteiger partial charge in [0.25, 0.3) is 0 Å². The number of carbonyl (C=O) groups is 1. The molecular weight excluding hydrogens is 502 g/mol. The van der Waals surface area contributed by atoms with Crippen LogP contribution in [0.5, 0.6) is 0 Å². The molecule has 0 saturated heterocycles. The summed E-state index contributed by atoms with van der Waals surface area (Å²) in [5, 5.41) is 4.35. The van der Waals surface area contributed by atoms with Crippen molar-refractivity contribution in [3.63, 3.8) is 0 Å². The van der Waals surface area contributed by atoms with Crippen LogP contribution in [-0.2, 0) is 19.5 Å². The summed E-state index contributed by atoms with van der Waals surface area (Å²) in [6.45, 7) is 2.16. The molecule has 2 amide bonds. The molecule has 1 atom stereocenters. The molecular formula is C27H23ClF2N4OS. The first kappa shape index (κ1) is 23.2. The molecule has 0 unspecified atom stereocenters. The number of carbonyl (C=O) groups excluding carboxylic acids is 1. The first-order chi connectivity index (χ1) is 17.4. The second-order valence-electron chi connectivity index (χ2n) is 9.22. The Hall–Kier alpha value is -3.20. The largest absolute Gasteiger partial charge is 0.323 e.